The van der Waals surface area contributed by atoms with E-state index in [1.807, 2.05) is 0 Å². The number of aromatic nitrogens is 2. The molecule has 13 heteroatoms. The predicted octanol–water partition coefficient (Wildman–Crippen LogP) is 5.67. The second-order valence-corrected chi connectivity index (χ2v) is 10.6. The minimum Gasteiger partial charge on any atom is -0.443 e. The quantitative estimate of drug-likeness (QED) is 0.288. The largest absolute Gasteiger partial charge is 0.443 e. The fourth-order valence-electron chi connectivity index (χ4n) is 3.05. The third-order valence-corrected chi connectivity index (χ3v) is 6.64. The summed E-state index contributed by atoms with van der Waals surface area (Å²) in [5, 5.41) is -7.07. The van der Waals surface area contributed by atoms with E-state index >= 15 is 0 Å². The second-order valence-electron chi connectivity index (χ2n) is 8.71. The minimum absolute atomic E-state index is 0.0217. The van der Waals surface area contributed by atoms with Crippen LogP contribution in [-0.4, -0.2) is 35.6 Å². The van der Waals surface area contributed by atoms with Crippen LogP contribution in [0.5, 0.6) is 0 Å². The lowest BCUT2D eigenvalue weighted by atomic mass is 9.98. The molecule has 3 rings (SSSR count). The summed E-state index contributed by atoms with van der Waals surface area (Å²) in [5.41, 5.74) is -1.66. The Balaban J connectivity index is 2.37. The Labute approximate surface area is 202 Å². The van der Waals surface area contributed by atoms with Crippen molar-refractivity contribution < 1.29 is 44.3 Å². The molecule has 1 aromatic heterocycles. The zero-order chi connectivity index (χ0) is 27.1. The number of nitrogens with zero attached hydrogens (tertiary/aromatic N) is 2. The van der Waals surface area contributed by atoms with Crippen LogP contribution in [-0.2, 0) is 26.1 Å². The number of carbonyl (C=O) groups excluding carboxylic acids is 1. The first-order chi connectivity index (χ1) is 16.6. The molecule has 0 saturated carbocycles. The number of alkyl halides is 4. The van der Waals surface area contributed by atoms with Crippen LogP contribution in [0.2, 0.25) is 0 Å². The molecule has 0 spiro atoms. The number of hydrogen-bond donors (Lipinski definition) is 0. The molecule has 0 radical (unpaired) electrons. The highest BCUT2D eigenvalue weighted by Gasteiger charge is 2.57. The molecule has 1 heterocycles. The Morgan fingerprint density at radius 1 is 0.944 bits per heavy atom. The maximum atomic E-state index is 14.2. The van der Waals surface area contributed by atoms with Crippen molar-refractivity contribution in [3.05, 3.63) is 60.2 Å². The number of imidazole rings is 1. The predicted molar refractivity (Wildman–Crippen MR) is 117 cm³/mol. The first-order valence-corrected chi connectivity index (χ1v) is 11.8. The van der Waals surface area contributed by atoms with Gasteiger partial charge in [0.25, 0.3) is 9.84 Å². The van der Waals surface area contributed by atoms with Crippen LogP contribution in [0.4, 0.5) is 26.3 Å². The molecule has 0 aliphatic heterocycles. The van der Waals surface area contributed by atoms with Gasteiger partial charge < -0.3 is 4.74 Å². The lowest BCUT2D eigenvalue weighted by Crippen LogP contribution is -2.38. The zero-order valence-corrected chi connectivity index (χ0v) is 19.9. The van der Waals surface area contributed by atoms with Crippen LogP contribution in [0.3, 0.4) is 0 Å². The van der Waals surface area contributed by atoms with Gasteiger partial charge in [0.15, 0.2) is 6.73 Å². The molecular weight excluding hydrogens is 514 g/mol. The summed E-state index contributed by atoms with van der Waals surface area (Å²) >= 11 is 0. The molecule has 0 aliphatic carbocycles. The molecule has 0 amide bonds. The van der Waals surface area contributed by atoms with Crippen molar-refractivity contribution in [1.82, 2.24) is 9.55 Å². The van der Waals surface area contributed by atoms with Gasteiger partial charge in [-0.3, -0.25) is 9.36 Å². The van der Waals surface area contributed by atoms with E-state index < -0.39 is 56.4 Å². The van der Waals surface area contributed by atoms with Crippen LogP contribution in [0.25, 0.3) is 22.5 Å². The molecular formula is C23H20F6N2O4S. The molecule has 0 saturated heterocycles. The molecule has 36 heavy (non-hydrogen) atoms. The zero-order valence-electron chi connectivity index (χ0n) is 19.1. The molecule has 194 valence electrons. The third-order valence-electron chi connectivity index (χ3n) is 4.96. The average molecular weight is 534 g/mol. The highest BCUT2D eigenvalue weighted by molar-refractivity contribution is 7.92. The summed E-state index contributed by atoms with van der Waals surface area (Å²) in [5.74, 6) is -2.24. The standard InChI is InChI=1S/C23H20F6N2O4S/c1-22(2,3)20(32)35-12-31-18(14-6-10-16(25)11-7-14)17(13-4-8-15(24)9-5-13)30-21(31)36(33,34)23(28,29)19(26)27/h4-11,19H,12H2,1-3H3. The normalized spacial score (nSPS) is 12.7. The van der Waals surface area contributed by atoms with Crippen molar-refractivity contribution in [3.8, 4) is 22.5 Å². The van der Waals surface area contributed by atoms with Gasteiger partial charge in [0.1, 0.15) is 11.6 Å². The highest BCUT2D eigenvalue weighted by atomic mass is 32.2. The molecule has 0 atom stereocenters. The SMILES string of the molecule is CC(C)(C)C(=O)OCn1c(S(=O)(=O)C(F)(F)C(F)F)nc(-c2ccc(F)cc2)c1-c1ccc(F)cc1. The molecule has 0 unspecified atom stereocenters. The Morgan fingerprint density at radius 2 is 1.42 bits per heavy atom. The van der Waals surface area contributed by atoms with E-state index in [0.717, 1.165) is 48.5 Å². The van der Waals surface area contributed by atoms with Crippen molar-refractivity contribution in [2.75, 3.05) is 0 Å². The maximum absolute atomic E-state index is 14.2. The van der Waals surface area contributed by atoms with Gasteiger partial charge in [0, 0.05) is 11.1 Å². The number of benzene rings is 2. The lowest BCUT2D eigenvalue weighted by molar-refractivity contribution is -0.157. The molecule has 0 N–H and O–H groups in total. The monoisotopic (exact) mass is 534 g/mol. The van der Waals surface area contributed by atoms with Crippen molar-refractivity contribution in [2.45, 2.75) is 44.3 Å². The van der Waals surface area contributed by atoms with Gasteiger partial charge in [0.2, 0.25) is 5.16 Å². The lowest BCUT2D eigenvalue weighted by Gasteiger charge is -2.20. The summed E-state index contributed by atoms with van der Waals surface area (Å²) in [6.45, 7) is 3.40. The average Bonchev–Trinajstić information content (AvgIpc) is 3.17. The van der Waals surface area contributed by atoms with Crippen molar-refractivity contribution in [1.29, 1.82) is 0 Å². The van der Waals surface area contributed by atoms with Gasteiger partial charge in [-0.05, 0) is 69.3 Å². The van der Waals surface area contributed by atoms with Gasteiger partial charge in [-0.2, -0.15) is 8.78 Å². The Hall–Kier alpha value is -3.35. The molecule has 2 aromatic carbocycles. The van der Waals surface area contributed by atoms with Crippen LogP contribution in [0.1, 0.15) is 20.8 Å². The van der Waals surface area contributed by atoms with E-state index in [2.05, 4.69) is 4.98 Å². The van der Waals surface area contributed by atoms with Gasteiger partial charge in [-0.15, -0.1) is 0 Å². The van der Waals surface area contributed by atoms with E-state index in [9.17, 15) is 39.6 Å². The summed E-state index contributed by atoms with van der Waals surface area (Å²) in [6, 6.07) is 8.52. The third kappa shape index (κ3) is 5.11. The summed E-state index contributed by atoms with van der Waals surface area (Å²) in [7, 11) is -6.16. The topological polar surface area (TPSA) is 78.3 Å². The summed E-state index contributed by atoms with van der Waals surface area (Å²) < 4.78 is 113. The minimum atomic E-state index is -6.16. The number of rotatable bonds is 7. The first-order valence-electron chi connectivity index (χ1n) is 10.3. The fourth-order valence-corrected chi connectivity index (χ4v) is 4.17. The van der Waals surface area contributed by atoms with E-state index in [1.165, 1.54) is 20.8 Å². The Morgan fingerprint density at radius 3 is 1.86 bits per heavy atom. The van der Waals surface area contributed by atoms with E-state index in [0.29, 0.717) is 4.57 Å². The number of carbonyl (C=O) groups is 1. The molecule has 3 aromatic rings. The van der Waals surface area contributed by atoms with Crippen molar-refractivity contribution >= 4 is 15.8 Å². The smallest absolute Gasteiger partial charge is 0.411 e. The number of esters is 1. The molecule has 6 nitrogen and oxygen atoms in total. The van der Waals surface area contributed by atoms with E-state index in [-0.39, 0.29) is 22.5 Å². The molecule has 0 aliphatic rings. The van der Waals surface area contributed by atoms with Gasteiger partial charge in [-0.1, -0.05) is 0 Å². The highest BCUT2D eigenvalue weighted by Crippen LogP contribution is 2.40. The van der Waals surface area contributed by atoms with Crippen molar-refractivity contribution in [3.63, 3.8) is 0 Å². The number of halogens is 6. The van der Waals surface area contributed by atoms with Gasteiger partial charge in [0.05, 0.1) is 16.8 Å². The maximum Gasteiger partial charge on any atom is 0.411 e. The fraction of sp³-hybridized carbons (Fsp3) is 0.304. The summed E-state index contributed by atoms with van der Waals surface area (Å²) in [4.78, 5) is 16.1. The summed E-state index contributed by atoms with van der Waals surface area (Å²) in [6.07, 6.45) is -4.60. The van der Waals surface area contributed by atoms with E-state index in [1.54, 1.807) is 0 Å². The van der Waals surface area contributed by atoms with Crippen LogP contribution in [0.15, 0.2) is 53.7 Å². The first kappa shape index (κ1) is 27.2. The van der Waals surface area contributed by atoms with Gasteiger partial charge in [-0.25, -0.2) is 31.0 Å². The number of sulfone groups is 1. The number of ether oxygens (including phenoxy) is 1. The van der Waals surface area contributed by atoms with Crippen molar-refractivity contribution in [2.24, 2.45) is 5.41 Å². The number of hydrogen-bond acceptors (Lipinski definition) is 5. The van der Waals surface area contributed by atoms with E-state index in [4.69, 9.17) is 4.74 Å². The Bertz CT molecular complexity index is 1360. The molecule has 0 bridgehead atoms. The second kappa shape index (κ2) is 9.60. The van der Waals surface area contributed by atoms with Crippen LogP contribution < -0.4 is 0 Å². The van der Waals surface area contributed by atoms with Crippen LogP contribution in [0, 0.1) is 17.0 Å². The van der Waals surface area contributed by atoms with Crippen LogP contribution >= 0.6 is 0 Å². The molecule has 0 fully saturated rings. The van der Waals surface area contributed by atoms with Gasteiger partial charge >= 0.3 is 17.6 Å². The Kier molecular flexibility index (Phi) is 7.26.